The molecule has 2 aromatic heterocycles. The van der Waals surface area contributed by atoms with Gasteiger partial charge in [0.05, 0.1) is 19.3 Å². The van der Waals surface area contributed by atoms with Gasteiger partial charge in [-0.1, -0.05) is 6.07 Å². The molecule has 0 saturated carbocycles. The van der Waals surface area contributed by atoms with Crippen molar-refractivity contribution in [2.24, 2.45) is 5.73 Å². The smallest absolute Gasteiger partial charge is 0.270 e. The minimum Gasteiger partial charge on any atom is -0.492 e. The molecule has 0 amide bonds. The largest absolute Gasteiger partial charge is 0.492 e. The Morgan fingerprint density at radius 1 is 1.35 bits per heavy atom. The Morgan fingerprint density at radius 2 is 2.25 bits per heavy atom. The Kier molecular flexibility index (Phi) is 5.25. The molecule has 2 heterocycles. The summed E-state index contributed by atoms with van der Waals surface area (Å²) >= 11 is 0. The number of aromatic nitrogens is 3. The zero-order chi connectivity index (χ0) is 14.2. The predicted octanol–water partition coefficient (Wildman–Crippen LogP) is 0.609. The van der Waals surface area contributed by atoms with Crippen LogP contribution in [-0.4, -0.2) is 27.9 Å². The summed E-state index contributed by atoms with van der Waals surface area (Å²) in [6, 6.07) is 7.16. The van der Waals surface area contributed by atoms with Gasteiger partial charge in [-0.15, -0.1) is 0 Å². The third-order valence-electron chi connectivity index (χ3n) is 2.77. The molecular weight excluding hydrogens is 256 g/mol. The van der Waals surface area contributed by atoms with Crippen molar-refractivity contribution in [3.8, 4) is 5.75 Å². The summed E-state index contributed by atoms with van der Waals surface area (Å²) in [7, 11) is 0. The van der Waals surface area contributed by atoms with Gasteiger partial charge in [-0.05, 0) is 25.1 Å². The molecule has 0 radical (unpaired) electrons. The third kappa shape index (κ3) is 4.17. The Hall–Kier alpha value is -2.21. The molecule has 6 heteroatoms. The van der Waals surface area contributed by atoms with Crippen LogP contribution in [0.1, 0.15) is 12.1 Å². The normalized spacial score (nSPS) is 10.4. The van der Waals surface area contributed by atoms with E-state index >= 15 is 0 Å². The molecule has 106 valence electrons. The summed E-state index contributed by atoms with van der Waals surface area (Å²) in [5.74, 6) is 0.484. The highest BCUT2D eigenvalue weighted by Gasteiger charge is 2.02. The van der Waals surface area contributed by atoms with Crippen LogP contribution in [0.4, 0.5) is 0 Å². The Bertz CT molecular complexity index is 583. The van der Waals surface area contributed by atoms with E-state index in [0.29, 0.717) is 31.9 Å². The maximum absolute atomic E-state index is 11.9. The molecule has 0 fully saturated rings. The summed E-state index contributed by atoms with van der Waals surface area (Å²) in [5.41, 5.74) is 6.13. The minimum atomic E-state index is -0.175. The molecule has 6 nitrogen and oxygen atoms in total. The first-order chi connectivity index (χ1) is 9.79. The van der Waals surface area contributed by atoms with Crippen molar-refractivity contribution >= 4 is 0 Å². The summed E-state index contributed by atoms with van der Waals surface area (Å²) in [4.78, 5) is 16.1. The number of nitrogens with two attached hydrogens (primary N) is 1. The lowest BCUT2D eigenvalue weighted by Gasteiger charge is -2.07. The first-order valence-electron chi connectivity index (χ1n) is 6.59. The number of rotatable bonds is 7. The van der Waals surface area contributed by atoms with Crippen LogP contribution in [0.15, 0.2) is 41.5 Å². The lowest BCUT2D eigenvalue weighted by Crippen LogP contribution is -2.23. The van der Waals surface area contributed by atoms with Gasteiger partial charge < -0.3 is 10.5 Å². The van der Waals surface area contributed by atoms with Gasteiger partial charge in [-0.25, -0.2) is 4.68 Å². The van der Waals surface area contributed by atoms with Gasteiger partial charge in [0.15, 0.2) is 0 Å². The molecular formula is C14H18N4O2. The molecule has 0 atom stereocenters. The van der Waals surface area contributed by atoms with Gasteiger partial charge in [0.25, 0.3) is 5.56 Å². The monoisotopic (exact) mass is 274 g/mol. The van der Waals surface area contributed by atoms with E-state index in [1.54, 1.807) is 12.4 Å². The lowest BCUT2D eigenvalue weighted by molar-refractivity contribution is 0.309. The fourth-order valence-electron chi connectivity index (χ4n) is 1.70. The molecule has 2 N–H and O–H groups in total. The predicted molar refractivity (Wildman–Crippen MR) is 75.6 cm³/mol. The maximum atomic E-state index is 11.9. The van der Waals surface area contributed by atoms with E-state index in [-0.39, 0.29) is 5.56 Å². The Morgan fingerprint density at radius 3 is 2.95 bits per heavy atom. The van der Waals surface area contributed by atoms with Gasteiger partial charge >= 0.3 is 0 Å². The quantitative estimate of drug-likeness (QED) is 0.748. The van der Waals surface area contributed by atoms with Crippen LogP contribution in [0.3, 0.4) is 0 Å². The van der Waals surface area contributed by atoms with Crippen molar-refractivity contribution in [2.45, 2.75) is 19.4 Å². The number of hydrogen-bond donors (Lipinski definition) is 1. The van der Waals surface area contributed by atoms with Crippen molar-refractivity contribution in [3.05, 3.63) is 52.7 Å². The van der Waals surface area contributed by atoms with Crippen molar-refractivity contribution in [1.82, 2.24) is 14.8 Å². The van der Waals surface area contributed by atoms with Crippen LogP contribution in [0.5, 0.6) is 5.75 Å². The number of pyridine rings is 1. The number of nitrogens with zero attached hydrogens (tertiary/aromatic N) is 3. The highest BCUT2D eigenvalue weighted by Crippen LogP contribution is 2.04. The molecule has 2 rings (SSSR count). The van der Waals surface area contributed by atoms with Gasteiger partial charge in [-0.3, -0.25) is 9.78 Å². The van der Waals surface area contributed by atoms with E-state index in [1.807, 2.05) is 18.2 Å². The molecule has 20 heavy (non-hydrogen) atoms. The second kappa shape index (κ2) is 7.40. The fourth-order valence-corrected chi connectivity index (χ4v) is 1.70. The van der Waals surface area contributed by atoms with Crippen molar-refractivity contribution in [3.63, 3.8) is 0 Å². The molecule has 0 aliphatic heterocycles. The first kappa shape index (κ1) is 14.2. The zero-order valence-corrected chi connectivity index (χ0v) is 11.2. The summed E-state index contributed by atoms with van der Waals surface area (Å²) in [5, 5.41) is 4.09. The standard InChI is InChI=1S/C14H18N4O2/c15-6-3-9-20-13-10-14(19)18(17-11-13)8-5-12-4-1-2-7-16-12/h1-2,4,7,10-11H,3,5-6,8-9,15H2. The van der Waals surface area contributed by atoms with Crippen LogP contribution in [0, 0.1) is 0 Å². The summed E-state index contributed by atoms with van der Waals surface area (Å²) in [6.45, 7) is 1.56. The van der Waals surface area contributed by atoms with Crippen molar-refractivity contribution in [1.29, 1.82) is 0 Å². The number of hydrogen-bond acceptors (Lipinski definition) is 5. The highest BCUT2D eigenvalue weighted by molar-refractivity contribution is 5.13. The SMILES string of the molecule is NCCCOc1cnn(CCc2ccccn2)c(=O)c1. The maximum Gasteiger partial charge on any atom is 0.270 e. The molecule has 0 aliphatic rings. The third-order valence-corrected chi connectivity index (χ3v) is 2.77. The van der Waals surface area contributed by atoms with Crippen LogP contribution >= 0.6 is 0 Å². The highest BCUT2D eigenvalue weighted by atomic mass is 16.5. The van der Waals surface area contributed by atoms with Gasteiger partial charge in [-0.2, -0.15) is 5.10 Å². The van der Waals surface area contributed by atoms with E-state index < -0.39 is 0 Å². The van der Waals surface area contributed by atoms with Gasteiger partial charge in [0, 0.05) is 24.4 Å². The van der Waals surface area contributed by atoms with E-state index in [4.69, 9.17) is 10.5 Å². The van der Waals surface area contributed by atoms with Gasteiger partial charge in [0.2, 0.25) is 0 Å². The molecule has 2 aromatic rings. The van der Waals surface area contributed by atoms with Crippen LogP contribution < -0.4 is 16.0 Å². The first-order valence-corrected chi connectivity index (χ1v) is 6.59. The molecule has 0 spiro atoms. The van der Waals surface area contributed by atoms with Gasteiger partial charge in [0.1, 0.15) is 5.75 Å². The average molecular weight is 274 g/mol. The number of aryl methyl sites for hydroxylation is 2. The van der Waals surface area contributed by atoms with E-state index in [1.165, 1.54) is 10.7 Å². The molecule has 0 saturated heterocycles. The fraction of sp³-hybridized carbons (Fsp3) is 0.357. The minimum absolute atomic E-state index is 0.175. The number of ether oxygens (including phenoxy) is 1. The average Bonchev–Trinajstić information content (AvgIpc) is 2.48. The molecule has 0 aromatic carbocycles. The van der Waals surface area contributed by atoms with Crippen molar-refractivity contribution < 1.29 is 4.74 Å². The topological polar surface area (TPSA) is 83.0 Å². The zero-order valence-electron chi connectivity index (χ0n) is 11.2. The molecule has 0 bridgehead atoms. The summed E-state index contributed by atoms with van der Waals surface area (Å²) < 4.78 is 6.78. The molecule has 0 unspecified atom stereocenters. The second-order valence-electron chi connectivity index (χ2n) is 4.31. The Labute approximate surface area is 117 Å². The van der Waals surface area contributed by atoms with E-state index in [9.17, 15) is 4.79 Å². The van der Waals surface area contributed by atoms with Crippen LogP contribution in [0.2, 0.25) is 0 Å². The van der Waals surface area contributed by atoms with E-state index in [0.717, 1.165) is 12.1 Å². The van der Waals surface area contributed by atoms with Crippen LogP contribution in [-0.2, 0) is 13.0 Å². The second-order valence-corrected chi connectivity index (χ2v) is 4.31. The van der Waals surface area contributed by atoms with E-state index in [2.05, 4.69) is 10.1 Å². The lowest BCUT2D eigenvalue weighted by atomic mass is 10.3. The summed E-state index contributed by atoms with van der Waals surface area (Å²) in [6.07, 6.45) is 4.71. The van der Waals surface area contributed by atoms with Crippen molar-refractivity contribution in [2.75, 3.05) is 13.2 Å². The Balaban J connectivity index is 1.94. The molecule has 0 aliphatic carbocycles. The van der Waals surface area contributed by atoms with Crippen LogP contribution in [0.25, 0.3) is 0 Å².